The minimum atomic E-state index is -0.0130. The van der Waals surface area contributed by atoms with E-state index < -0.39 is 0 Å². The molecule has 0 fully saturated rings. The second-order valence-electron chi connectivity index (χ2n) is 12.6. The number of nitrogens with zero attached hydrogens (tertiary/aromatic N) is 1. The molecular weight excluding hydrogens is 577 g/mol. The van der Waals surface area contributed by atoms with Crippen LogP contribution in [0.5, 0.6) is 34.5 Å². The number of fused-ring (bicyclic) bond motifs is 7. The van der Waals surface area contributed by atoms with E-state index in [9.17, 15) is 0 Å². The molecule has 47 heavy (non-hydrogen) atoms. The Balaban J connectivity index is 1.21. The summed E-state index contributed by atoms with van der Waals surface area (Å²) >= 11 is 0. The summed E-state index contributed by atoms with van der Waals surface area (Å²) in [5, 5.41) is 2.17. The lowest BCUT2D eigenvalue weighted by Crippen LogP contribution is -2.57. The molecule has 10 rings (SSSR count). The van der Waals surface area contributed by atoms with Crippen molar-refractivity contribution < 1.29 is 14.2 Å². The van der Waals surface area contributed by atoms with Gasteiger partial charge in [-0.2, -0.15) is 0 Å². The molecule has 0 radical (unpaired) electrons. The van der Waals surface area contributed by atoms with E-state index in [2.05, 4.69) is 134 Å². The van der Waals surface area contributed by atoms with Gasteiger partial charge < -0.3 is 19.1 Å². The quantitative estimate of drug-likeness (QED) is 0.188. The maximum absolute atomic E-state index is 6.90. The Labute approximate surface area is 273 Å². The highest BCUT2D eigenvalue weighted by atomic mass is 16.5. The van der Waals surface area contributed by atoms with Gasteiger partial charge in [0.1, 0.15) is 23.0 Å². The van der Waals surface area contributed by atoms with Gasteiger partial charge in [-0.15, -0.1) is 0 Å². The molecule has 0 saturated carbocycles. The van der Waals surface area contributed by atoms with E-state index in [0.29, 0.717) is 0 Å². The predicted octanol–water partition coefficient (Wildman–Crippen LogP) is 9.43. The first kappa shape index (κ1) is 26.3. The molecule has 0 saturated heterocycles. The van der Waals surface area contributed by atoms with Crippen LogP contribution >= 0.6 is 0 Å². The Morgan fingerprint density at radius 2 is 1.09 bits per heavy atom. The van der Waals surface area contributed by atoms with Crippen LogP contribution in [0.2, 0.25) is 0 Å². The fraction of sp³-hybridized carbons (Fsp3) is 0.0476. The van der Waals surface area contributed by atoms with Crippen molar-refractivity contribution in [2.75, 3.05) is 4.90 Å². The smallest absolute Gasteiger partial charge is 0.260 e. The Bertz CT molecular complexity index is 2360. The highest BCUT2D eigenvalue weighted by Gasteiger charge is 2.43. The first-order chi connectivity index (χ1) is 23.1. The van der Waals surface area contributed by atoms with E-state index in [1.54, 1.807) is 0 Å². The highest BCUT2D eigenvalue weighted by Crippen LogP contribution is 2.55. The number of para-hydroxylation sites is 2. The van der Waals surface area contributed by atoms with Crippen molar-refractivity contribution in [1.29, 1.82) is 0 Å². The number of anilines is 3. The Morgan fingerprint density at radius 3 is 1.77 bits per heavy atom. The molecule has 4 nitrogen and oxygen atoms in total. The van der Waals surface area contributed by atoms with Crippen LogP contribution in [0.1, 0.15) is 11.1 Å². The molecular formula is C42H28BNO3. The summed E-state index contributed by atoms with van der Waals surface area (Å²) in [6.07, 6.45) is 0. The van der Waals surface area contributed by atoms with E-state index in [1.807, 2.05) is 18.2 Å². The molecule has 0 bridgehead atoms. The summed E-state index contributed by atoms with van der Waals surface area (Å²) in [4.78, 5) is 2.33. The third kappa shape index (κ3) is 3.83. The number of ether oxygens (including phenoxy) is 3. The van der Waals surface area contributed by atoms with Crippen molar-refractivity contribution in [2.24, 2.45) is 0 Å². The standard InChI is InChI=1S/C42H28BNO3/c1-25-14-18-27(19-15-25)44(28-20-16-26(2)17-21-28)34-23-22-29-31-24-38-40-42(41(31)47-37-13-7-8-30(34)39(29)37)46-36-12-6-4-10-33(36)43(40)32-9-3-5-11-35(32)45-38/h3-24H,1-2H3. The van der Waals surface area contributed by atoms with Crippen molar-refractivity contribution in [3.8, 4) is 45.6 Å². The maximum Gasteiger partial charge on any atom is 0.260 e. The molecule has 7 aromatic carbocycles. The highest BCUT2D eigenvalue weighted by molar-refractivity contribution is 6.98. The lowest BCUT2D eigenvalue weighted by atomic mass is 9.35. The van der Waals surface area contributed by atoms with Crippen LogP contribution in [0.4, 0.5) is 17.1 Å². The predicted molar refractivity (Wildman–Crippen MR) is 191 cm³/mol. The first-order valence-corrected chi connectivity index (χ1v) is 16.0. The largest absolute Gasteiger partial charge is 0.458 e. The van der Waals surface area contributed by atoms with Gasteiger partial charge in [0.15, 0.2) is 11.5 Å². The van der Waals surface area contributed by atoms with E-state index >= 15 is 0 Å². The van der Waals surface area contributed by atoms with Gasteiger partial charge in [-0.05, 0) is 84.9 Å². The summed E-state index contributed by atoms with van der Waals surface area (Å²) in [5.74, 6) is 4.79. The number of hydrogen-bond acceptors (Lipinski definition) is 4. The van der Waals surface area contributed by atoms with Crippen LogP contribution in [0.3, 0.4) is 0 Å². The zero-order valence-corrected chi connectivity index (χ0v) is 26.0. The first-order valence-electron chi connectivity index (χ1n) is 16.0. The van der Waals surface area contributed by atoms with Crippen LogP contribution in [0.15, 0.2) is 133 Å². The number of aryl methyl sites for hydroxylation is 2. The van der Waals surface area contributed by atoms with Gasteiger partial charge in [-0.3, -0.25) is 0 Å². The Hall–Kier alpha value is -5.94. The molecule has 0 spiro atoms. The monoisotopic (exact) mass is 605 g/mol. The molecule has 3 aliphatic heterocycles. The molecule has 7 aromatic rings. The normalized spacial score (nSPS) is 12.9. The minimum absolute atomic E-state index is 0.0130. The van der Waals surface area contributed by atoms with E-state index in [4.69, 9.17) is 14.2 Å². The van der Waals surface area contributed by atoms with Crippen molar-refractivity contribution in [2.45, 2.75) is 13.8 Å². The van der Waals surface area contributed by atoms with Crippen LogP contribution in [0.25, 0.3) is 21.9 Å². The zero-order valence-electron chi connectivity index (χ0n) is 26.0. The second kappa shape index (κ2) is 9.78. The lowest BCUT2D eigenvalue weighted by Gasteiger charge is -2.35. The Kier molecular flexibility index (Phi) is 5.47. The molecule has 3 heterocycles. The van der Waals surface area contributed by atoms with Crippen LogP contribution in [-0.2, 0) is 0 Å². The van der Waals surface area contributed by atoms with Gasteiger partial charge in [-0.1, -0.05) is 90.0 Å². The van der Waals surface area contributed by atoms with Crippen molar-refractivity contribution >= 4 is 50.9 Å². The van der Waals surface area contributed by atoms with Gasteiger partial charge in [0.2, 0.25) is 0 Å². The van der Waals surface area contributed by atoms with Gasteiger partial charge >= 0.3 is 0 Å². The number of benzene rings is 7. The van der Waals surface area contributed by atoms with Crippen molar-refractivity contribution in [3.63, 3.8) is 0 Å². The summed E-state index contributed by atoms with van der Waals surface area (Å²) in [6, 6.07) is 47.0. The van der Waals surface area contributed by atoms with Gasteiger partial charge in [-0.25, -0.2) is 0 Å². The minimum Gasteiger partial charge on any atom is -0.458 e. The van der Waals surface area contributed by atoms with Crippen LogP contribution in [-0.4, -0.2) is 6.71 Å². The average molecular weight is 606 g/mol. The molecule has 0 atom stereocenters. The molecule has 0 aliphatic carbocycles. The van der Waals surface area contributed by atoms with E-state index in [1.165, 1.54) is 11.1 Å². The molecule has 222 valence electrons. The van der Waals surface area contributed by atoms with Crippen molar-refractivity contribution in [3.05, 3.63) is 145 Å². The number of hydrogen-bond donors (Lipinski definition) is 0. The molecule has 5 heteroatoms. The summed E-state index contributed by atoms with van der Waals surface area (Å²) < 4.78 is 20.3. The second-order valence-corrected chi connectivity index (χ2v) is 12.6. The van der Waals surface area contributed by atoms with Crippen LogP contribution in [0, 0.1) is 13.8 Å². The molecule has 0 N–H and O–H groups in total. The van der Waals surface area contributed by atoms with Crippen LogP contribution < -0.4 is 35.5 Å². The van der Waals surface area contributed by atoms with Crippen molar-refractivity contribution in [1.82, 2.24) is 0 Å². The topological polar surface area (TPSA) is 30.9 Å². The maximum atomic E-state index is 6.90. The molecule has 0 aromatic heterocycles. The lowest BCUT2D eigenvalue weighted by molar-refractivity contribution is 0.417. The summed E-state index contributed by atoms with van der Waals surface area (Å²) in [5.41, 5.74) is 11.1. The summed E-state index contributed by atoms with van der Waals surface area (Å²) in [7, 11) is 0. The SMILES string of the molecule is Cc1ccc(N(c2ccc(C)cc2)c2ccc3c4c(cccc24)Oc2c-3cc3c4c2Oc2ccccc2B4c2ccccc2O3)cc1. The van der Waals surface area contributed by atoms with E-state index in [-0.39, 0.29) is 6.71 Å². The third-order valence-corrected chi connectivity index (χ3v) is 9.72. The third-order valence-electron chi connectivity index (χ3n) is 9.72. The van der Waals surface area contributed by atoms with Gasteiger partial charge in [0.05, 0.1) is 5.69 Å². The molecule has 0 amide bonds. The summed E-state index contributed by atoms with van der Waals surface area (Å²) in [6.45, 7) is 4.23. The van der Waals surface area contributed by atoms with E-state index in [0.717, 1.165) is 89.8 Å². The fourth-order valence-electron chi connectivity index (χ4n) is 7.51. The average Bonchev–Trinajstić information content (AvgIpc) is 3.11. The Morgan fingerprint density at radius 1 is 0.489 bits per heavy atom. The fourth-order valence-corrected chi connectivity index (χ4v) is 7.51. The molecule has 3 aliphatic rings. The molecule has 0 unspecified atom stereocenters. The number of rotatable bonds is 3. The van der Waals surface area contributed by atoms with Gasteiger partial charge in [0, 0.05) is 33.2 Å². The zero-order chi connectivity index (χ0) is 31.2. The van der Waals surface area contributed by atoms with Gasteiger partial charge in [0.25, 0.3) is 6.71 Å².